The van der Waals surface area contributed by atoms with Crippen LogP contribution in [0.15, 0.2) is 0 Å². The third-order valence-electron chi connectivity index (χ3n) is 2.07. The van der Waals surface area contributed by atoms with Crippen molar-refractivity contribution in [2.24, 2.45) is 11.6 Å². The highest BCUT2D eigenvalue weighted by atomic mass is 16.2. The quantitative estimate of drug-likeness (QED) is 0.266. The van der Waals surface area contributed by atoms with Gasteiger partial charge in [0.1, 0.15) is 0 Å². The Hall–Kier alpha value is -0.650. The van der Waals surface area contributed by atoms with E-state index in [2.05, 4.69) is 5.43 Å². The Kier molecular flexibility index (Phi) is 3.46. The Morgan fingerprint density at radius 3 is 3.00 bits per heavy atom. The summed E-state index contributed by atoms with van der Waals surface area (Å²) in [6, 6.07) is 0.212. The third-order valence-corrected chi connectivity index (χ3v) is 2.07. The van der Waals surface area contributed by atoms with Gasteiger partial charge in [-0.3, -0.25) is 15.1 Å². The van der Waals surface area contributed by atoms with E-state index in [-0.39, 0.29) is 11.9 Å². The van der Waals surface area contributed by atoms with Gasteiger partial charge < -0.3 is 5.73 Å². The second-order valence-corrected chi connectivity index (χ2v) is 3.20. The summed E-state index contributed by atoms with van der Waals surface area (Å²) in [7, 11) is 0. The number of nitrogens with one attached hydrogen (secondary N) is 1. The lowest BCUT2D eigenvalue weighted by molar-refractivity contribution is -0.122. The van der Waals surface area contributed by atoms with Crippen molar-refractivity contribution in [2.45, 2.75) is 18.9 Å². The van der Waals surface area contributed by atoms with Gasteiger partial charge in [0.2, 0.25) is 5.91 Å². The van der Waals surface area contributed by atoms with Crippen LogP contribution >= 0.6 is 0 Å². The number of rotatable bonds is 2. The van der Waals surface area contributed by atoms with Crippen molar-refractivity contribution in [3.63, 3.8) is 0 Å². The molecule has 1 atom stereocenters. The summed E-state index contributed by atoms with van der Waals surface area (Å²) in [5, 5.41) is 0. The summed E-state index contributed by atoms with van der Waals surface area (Å²) in [5.41, 5.74) is 7.84. The predicted octanol–water partition coefficient (Wildman–Crippen LogP) is -1.60. The molecule has 1 amide bonds. The molecule has 70 valence electrons. The highest BCUT2D eigenvalue weighted by Gasteiger charge is 2.17. The van der Waals surface area contributed by atoms with Crippen molar-refractivity contribution in [1.29, 1.82) is 0 Å². The molecule has 1 aliphatic rings. The second kappa shape index (κ2) is 4.39. The average Bonchev–Trinajstić information content (AvgIpc) is 2.04. The molecule has 0 aromatic rings. The summed E-state index contributed by atoms with van der Waals surface area (Å²) in [6.45, 7) is 2.11. The maximum atomic E-state index is 10.9. The molecule has 1 heterocycles. The summed E-state index contributed by atoms with van der Waals surface area (Å²) >= 11 is 0. The molecule has 5 heteroatoms. The summed E-state index contributed by atoms with van der Waals surface area (Å²) in [5.74, 6) is 4.82. The molecule has 0 bridgehead atoms. The van der Waals surface area contributed by atoms with Crippen LogP contribution in [0.25, 0.3) is 0 Å². The van der Waals surface area contributed by atoms with E-state index >= 15 is 0 Å². The molecule has 0 spiro atoms. The summed E-state index contributed by atoms with van der Waals surface area (Å²) in [6.07, 6.45) is 2.12. The fourth-order valence-electron chi connectivity index (χ4n) is 1.48. The number of nitrogens with two attached hydrogens (primary N) is 2. The first-order chi connectivity index (χ1) is 5.72. The summed E-state index contributed by atoms with van der Waals surface area (Å²) < 4.78 is 0. The molecule has 0 radical (unpaired) electrons. The number of hydrazine groups is 1. The van der Waals surface area contributed by atoms with Crippen LogP contribution in [0.5, 0.6) is 0 Å². The van der Waals surface area contributed by atoms with Gasteiger partial charge in [-0.05, 0) is 19.4 Å². The molecule has 0 saturated carbocycles. The Balaban J connectivity index is 2.27. The fraction of sp³-hybridized carbons (Fsp3) is 0.857. The highest BCUT2D eigenvalue weighted by Crippen LogP contribution is 2.06. The van der Waals surface area contributed by atoms with Crippen LogP contribution in [0, 0.1) is 0 Å². The number of carbonyl (C=O) groups excluding carboxylic acids is 1. The van der Waals surface area contributed by atoms with Crippen LogP contribution < -0.4 is 17.0 Å². The van der Waals surface area contributed by atoms with E-state index < -0.39 is 0 Å². The molecule has 0 aliphatic carbocycles. The van der Waals surface area contributed by atoms with Crippen molar-refractivity contribution in [3.05, 3.63) is 0 Å². The van der Waals surface area contributed by atoms with E-state index in [9.17, 15) is 4.79 Å². The van der Waals surface area contributed by atoms with Crippen LogP contribution in [0.4, 0.5) is 0 Å². The Morgan fingerprint density at radius 2 is 2.42 bits per heavy atom. The fourth-order valence-corrected chi connectivity index (χ4v) is 1.48. The Labute approximate surface area is 72.0 Å². The minimum atomic E-state index is -0.149. The van der Waals surface area contributed by atoms with Gasteiger partial charge in [-0.15, -0.1) is 0 Å². The first-order valence-electron chi connectivity index (χ1n) is 4.19. The zero-order chi connectivity index (χ0) is 8.97. The zero-order valence-corrected chi connectivity index (χ0v) is 7.12. The zero-order valence-electron chi connectivity index (χ0n) is 7.12. The Bertz CT molecular complexity index is 161. The van der Waals surface area contributed by atoms with Gasteiger partial charge in [0.15, 0.2) is 0 Å². The van der Waals surface area contributed by atoms with Crippen molar-refractivity contribution < 1.29 is 4.79 Å². The lowest BCUT2D eigenvalue weighted by Crippen LogP contribution is -2.48. The van der Waals surface area contributed by atoms with E-state index in [0.29, 0.717) is 6.54 Å². The van der Waals surface area contributed by atoms with E-state index in [1.165, 1.54) is 0 Å². The molecule has 0 aromatic heterocycles. The van der Waals surface area contributed by atoms with Crippen LogP contribution in [-0.2, 0) is 4.79 Å². The first kappa shape index (κ1) is 9.44. The van der Waals surface area contributed by atoms with Crippen LogP contribution in [0.2, 0.25) is 0 Å². The smallest absolute Gasteiger partial charge is 0.248 e. The van der Waals surface area contributed by atoms with Crippen LogP contribution in [0.3, 0.4) is 0 Å². The first-order valence-corrected chi connectivity index (χ1v) is 4.19. The molecule has 5 nitrogen and oxygen atoms in total. The van der Waals surface area contributed by atoms with Crippen molar-refractivity contribution >= 4 is 5.91 Å². The van der Waals surface area contributed by atoms with Gasteiger partial charge in [0, 0.05) is 12.6 Å². The normalized spacial score (nSPS) is 25.3. The number of piperidine rings is 1. The second-order valence-electron chi connectivity index (χ2n) is 3.20. The van der Waals surface area contributed by atoms with Crippen molar-refractivity contribution in [3.8, 4) is 0 Å². The Morgan fingerprint density at radius 1 is 1.67 bits per heavy atom. The molecule has 1 unspecified atom stereocenters. The van der Waals surface area contributed by atoms with Gasteiger partial charge in [-0.25, -0.2) is 5.84 Å². The van der Waals surface area contributed by atoms with Crippen LogP contribution in [0.1, 0.15) is 12.8 Å². The molecule has 1 aliphatic heterocycles. The molecule has 1 saturated heterocycles. The monoisotopic (exact) mass is 172 g/mol. The number of nitrogens with zero attached hydrogens (tertiary/aromatic N) is 1. The minimum Gasteiger partial charge on any atom is -0.327 e. The van der Waals surface area contributed by atoms with Gasteiger partial charge in [-0.1, -0.05) is 0 Å². The maximum absolute atomic E-state index is 10.9. The van der Waals surface area contributed by atoms with Gasteiger partial charge in [0.25, 0.3) is 0 Å². The number of likely N-dealkylation sites (tertiary alicyclic amines) is 1. The number of hydrogen-bond acceptors (Lipinski definition) is 4. The average molecular weight is 172 g/mol. The molecule has 12 heavy (non-hydrogen) atoms. The van der Waals surface area contributed by atoms with Gasteiger partial charge in [0.05, 0.1) is 6.54 Å². The number of carbonyl (C=O) groups is 1. The largest absolute Gasteiger partial charge is 0.327 e. The molecule has 1 rings (SSSR count). The maximum Gasteiger partial charge on any atom is 0.248 e. The number of hydrogen-bond donors (Lipinski definition) is 3. The lowest BCUT2D eigenvalue weighted by atomic mass is 10.1. The molecule has 0 aromatic carbocycles. The molecule has 5 N–H and O–H groups in total. The van der Waals surface area contributed by atoms with Gasteiger partial charge in [-0.2, -0.15) is 0 Å². The standard InChI is InChI=1S/C7H16N4O/c8-6-2-1-3-11(4-6)5-7(12)10-9/h6H,1-5,8-9H2,(H,10,12). The van der Waals surface area contributed by atoms with E-state index in [4.69, 9.17) is 11.6 Å². The van der Waals surface area contributed by atoms with Gasteiger partial charge >= 0.3 is 0 Å². The third kappa shape index (κ3) is 2.77. The predicted molar refractivity (Wildman–Crippen MR) is 46.0 cm³/mol. The molecular weight excluding hydrogens is 156 g/mol. The van der Waals surface area contributed by atoms with Crippen molar-refractivity contribution in [1.82, 2.24) is 10.3 Å². The van der Waals surface area contributed by atoms with E-state index in [0.717, 1.165) is 25.9 Å². The lowest BCUT2D eigenvalue weighted by Gasteiger charge is -2.29. The van der Waals surface area contributed by atoms with E-state index in [1.807, 2.05) is 4.90 Å². The molecular formula is C7H16N4O. The summed E-state index contributed by atoms with van der Waals surface area (Å²) in [4.78, 5) is 12.9. The number of amides is 1. The topological polar surface area (TPSA) is 84.4 Å². The highest BCUT2D eigenvalue weighted by molar-refractivity contribution is 5.77. The van der Waals surface area contributed by atoms with Crippen LogP contribution in [-0.4, -0.2) is 36.5 Å². The minimum absolute atomic E-state index is 0.149. The molecule has 1 fully saturated rings. The van der Waals surface area contributed by atoms with Crippen molar-refractivity contribution in [2.75, 3.05) is 19.6 Å². The van der Waals surface area contributed by atoms with E-state index in [1.54, 1.807) is 0 Å². The SMILES string of the molecule is NNC(=O)CN1CCCC(N)C1.